The van der Waals surface area contributed by atoms with Gasteiger partial charge in [0.05, 0.1) is 17.9 Å². The van der Waals surface area contributed by atoms with Gasteiger partial charge in [-0.2, -0.15) is 5.10 Å². The van der Waals surface area contributed by atoms with Crippen molar-refractivity contribution in [1.82, 2.24) is 14.7 Å². The minimum Gasteiger partial charge on any atom is -0.508 e. The number of benzene rings is 1. The Morgan fingerprint density at radius 3 is 2.95 bits per heavy atom. The van der Waals surface area contributed by atoms with Crippen LogP contribution in [0.5, 0.6) is 5.75 Å². The molecule has 1 amide bonds. The first kappa shape index (κ1) is 12.7. The number of aromatic nitrogens is 2. The van der Waals surface area contributed by atoms with Gasteiger partial charge in [-0.25, -0.2) is 0 Å². The largest absolute Gasteiger partial charge is 0.508 e. The van der Waals surface area contributed by atoms with E-state index in [-0.39, 0.29) is 11.7 Å². The lowest BCUT2D eigenvalue weighted by molar-refractivity contribution is 0.0730. The summed E-state index contributed by atoms with van der Waals surface area (Å²) in [5, 5.41) is 13.9. The predicted molar refractivity (Wildman–Crippen MR) is 74.5 cm³/mol. The highest BCUT2D eigenvalue weighted by Crippen LogP contribution is 2.23. The molecule has 0 radical (unpaired) electrons. The van der Waals surface area contributed by atoms with Crippen molar-refractivity contribution in [2.24, 2.45) is 7.05 Å². The zero-order valence-corrected chi connectivity index (χ0v) is 11.6. The fourth-order valence-electron chi connectivity index (χ4n) is 2.77. The smallest absolute Gasteiger partial charge is 0.254 e. The third-order valence-electron chi connectivity index (χ3n) is 3.83. The van der Waals surface area contributed by atoms with E-state index in [2.05, 4.69) is 5.10 Å². The summed E-state index contributed by atoms with van der Waals surface area (Å²) in [6.45, 7) is 3.26. The summed E-state index contributed by atoms with van der Waals surface area (Å²) in [6, 6.07) is 6.49. The fraction of sp³-hybridized carbons (Fsp3) is 0.333. The highest BCUT2D eigenvalue weighted by atomic mass is 16.3. The molecule has 2 aromatic rings. The summed E-state index contributed by atoms with van der Waals surface area (Å²) in [5.41, 5.74) is 3.93. The van der Waals surface area contributed by atoms with E-state index in [1.807, 2.05) is 18.7 Å². The summed E-state index contributed by atoms with van der Waals surface area (Å²) in [7, 11) is 1.91. The molecular weight excluding hydrogens is 254 g/mol. The van der Waals surface area contributed by atoms with Gasteiger partial charge in [0.2, 0.25) is 0 Å². The van der Waals surface area contributed by atoms with Crippen molar-refractivity contribution in [2.75, 3.05) is 6.54 Å². The van der Waals surface area contributed by atoms with Crippen molar-refractivity contribution in [3.05, 3.63) is 46.8 Å². The fourth-order valence-corrected chi connectivity index (χ4v) is 2.77. The maximum Gasteiger partial charge on any atom is 0.254 e. The van der Waals surface area contributed by atoms with Crippen LogP contribution in [0.15, 0.2) is 24.3 Å². The van der Waals surface area contributed by atoms with Crippen LogP contribution in [0, 0.1) is 6.92 Å². The lowest BCUT2D eigenvalue weighted by Gasteiger charge is -2.27. The molecular formula is C15H17N3O2. The molecule has 20 heavy (non-hydrogen) atoms. The van der Waals surface area contributed by atoms with E-state index >= 15 is 0 Å². The molecule has 0 unspecified atom stereocenters. The van der Waals surface area contributed by atoms with Crippen molar-refractivity contribution < 1.29 is 9.90 Å². The number of hydrogen-bond acceptors (Lipinski definition) is 3. The number of hydrogen-bond donors (Lipinski definition) is 1. The third kappa shape index (κ3) is 2.05. The molecule has 0 spiro atoms. The van der Waals surface area contributed by atoms with Crippen LogP contribution in [0.3, 0.4) is 0 Å². The van der Waals surface area contributed by atoms with Gasteiger partial charge < -0.3 is 10.0 Å². The standard InChI is InChI=1S/C15H17N3O2/c1-10-13-6-7-18(9-14(13)17(2)16-10)15(20)11-4-3-5-12(19)8-11/h3-5,8,19H,6-7,9H2,1-2H3. The number of rotatable bonds is 1. The molecule has 0 bridgehead atoms. The molecule has 0 fully saturated rings. The van der Waals surface area contributed by atoms with Gasteiger partial charge in [0.15, 0.2) is 0 Å². The molecule has 0 saturated heterocycles. The number of carbonyl (C=O) groups excluding carboxylic acids is 1. The topological polar surface area (TPSA) is 58.4 Å². The van der Waals surface area contributed by atoms with Gasteiger partial charge in [0.25, 0.3) is 5.91 Å². The average molecular weight is 271 g/mol. The molecule has 1 N–H and O–H groups in total. The number of phenolic OH excluding ortho intramolecular Hbond substituents is 1. The molecule has 1 aromatic carbocycles. The molecule has 104 valence electrons. The van der Waals surface area contributed by atoms with E-state index in [9.17, 15) is 9.90 Å². The molecule has 0 saturated carbocycles. The Bertz CT molecular complexity index is 676. The zero-order valence-electron chi connectivity index (χ0n) is 11.6. The number of amides is 1. The number of nitrogens with zero attached hydrogens (tertiary/aromatic N) is 3. The Hall–Kier alpha value is -2.30. The van der Waals surface area contributed by atoms with Gasteiger partial charge in [0.1, 0.15) is 5.75 Å². The Labute approximate surface area is 117 Å². The lowest BCUT2D eigenvalue weighted by Crippen LogP contribution is -2.36. The van der Waals surface area contributed by atoms with Crippen molar-refractivity contribution >= 4 is 5.91 Å². The van der Waals surface area contributed by atoms with Crippen molar-refractivity contribution in [2.45, 2.75) is 19.9 Å². The minimum absolute atomic E-state index is 0.0506. The Balaban J connectivity index is 1.87. The van der Waals surface area contributed by atoms with Crippen LogP contribution in [0.4, 0.5) is 0 Å². The van der Waals surface area contributed by atoms with E-state index in [4.69, 9.17) is 0 Å². The van der Waals surface area contributed by atoms with Crippen LogP contribution in [0.25, 0.3) is 0 Å². The van der Waals surface area contributed by atoms with Crippen LogP contribution in [0.2, 0.25) is 0 Å². The van der Waals surface area contributed by atoms with Gasteiger partial charge in [-0.05, 0) is 37.1 Å². The van der Waals surface area contributed by atoms with Gasteiger partial charge in [-0.1, -0.05) is 6.07 Å². The van der Waals surface area contributed by atoms with Crippen LogP contribution in [-0.4, -0.2) is 32.2 Å². The first-order valence-corrected chi connectivity index (χ1v) is 6.66. The summed E-state index contributed by atoms with van der Waals surface area (Å²) in [6.07, 6.45) is 0.833. The maximum atomic E-state index is 12.5. The number of phenols is 1. The van der Waals surface area contributed by atoms with Crippen molar-refractivity contribution in [3.63, 3.8) is 0 Å². The van der Waals surface area contributed by atoms with E-state index in [0.717, 1.165) is 17.8 Å². The number of fused-ring (bicyclic) bond motifs is 1. The highest BCUT2D eigenvalue weighted by molar-refractivity contribution is 5.94. The summed E-state index contributed by atoms with van der Waals surface area (Å²) >= 11 is 0. The normalized spacial score (nSPS) is 14.2. The first-order valence-electron chi connectivity index (χ1n) is 6.66. The highest BCUT2D eigenvalue weighted by Gasteiger charge is 2.25. The predicted octanol–water partition coefficient (Wildman–Crippen LogP) is 1.63. The quantitative estimate of drug-likeness (QED) is 0.857. The van der Waals surface area contributed by atoms with Gasteiger partial charge >= 0.3 is 0 Å². The van der Waals surface area contributed by atoms with Crippen LogP contribution in [-0.2, 0) is 20.0 Å². The Morgan fingerprint density at radius 1 is 1.40 bits per heavy atom. The number of aromatic hydroxyl groups is 1. The Morgan fingerprint density at radius 2 is 2.20 bits per heavy atom. The van der Waals surface area contributed by atoms with E-state index < -0.39 is 0 Å². The van der Waals surface area contributed by atoms with Crippen molar-refractivity contribution in [1.29, 1.82) is 0 Å². The van der Waals surface area contributed by atoms with Gasteiger partial charge in [-0.3, -0.25) is 9.48 Å². The summed E-state index contributed by atoms with van der Waals surface area (Å²) in [4.78, 5) is 14.3. The first-order chi connectivity index (χ1) is 9.56. The van der Waals surface area contributed by atoms with Gasteiger partial charge in [0, 0.05) is 19.2 Å². The lowest BCUT2D eigenvalue weighted by atomic mass is 10.0. The second-order valence-electron chi connectivity index (χ2n) is 5.16. The number of carbonyl (C=O) groups is 1. The molecule has 5 heteroatoms. The molecule has 1 aliphatic rings. The summed E-state index contributed by atoms with van der Waals surface area (Å²) in [5.74, 6) is 0.0651. The second kappa shape index (κ2) is 4.67. The molecule has 0 atom stereocenters. The van der Waals surface area contributed by atoms with E-state index in [1.54, 1.807) is 23.1 Å². The summed E-state index contributed by atoms with van der Waals surface area (Å²) < 4.78 is 1.85. The molecule has 2 heterocycles. The molecule has 1 aromatic heterocycles. The maximum absolute atomic E-state index is 12.5. The molecule has 0 aliphatic carbocycles. The SMILES string of the molecule is Cc1nn(C)c2c1CCN(C(=O)c1cccc(O)c1)C2. The monoisotopic (exact) mass is 271 g/mol. The molecule has 5 nitrogen and oxygen atoms in total. The third-order valence-corrected chi connectivity index (χ3v) is 3.83. The van der Waals surface area contributed by atoms with Crippen LogP contribution < -0.4 is 0 Å². The Kier molecular flexibility index (Phi) is 2.97. The number of aryl methyl sites for hydroxylation is 2. The van der Waals surface area contributed by atoms with Crippen LogP contribution >= 0.6 is 0 Å². The molecule has 1 aliphatic heterocycles. The zero-order chi connectivity index (χ0) is 14.3. The molecule has 3 rings (SSSR count). The van der Waals surface area contributed by atoms with Gasteiger partial charge in [-0.15, -0.1) is 0 Å². The van der Waals surface area contributed by atoms with Crippen LogP contribution in [0.1, 0.15) is 27.3 Å². The second-order valence-corrected chi connectivity index (χ2v) is 5.16. The minimum atomic E-state index is -0.0506. The van der Waals surface area contributed by atoms with E-state index in [0.29, 0.717) is 18.7 Å². The van der Waals surface area contributed by atoms with Crippen molar-refractivity contribution in [3.8, 4) is 5.75 Å². The average Bonchev–Trinajstić information content (AvgIpc) is 2.73. The van der Waals surface area contributed by atoms with E-state index in [1.165, 1.54) is 11.6 Å².